The first-order valence-corrected chi connectivity index (χ1v) is 33.9. The van der Waals surface area contributed by atoms with Crippen molar-refractivity contribution in [2.24, 2.45) is 0 Å². The van der Waals surface area contributed by atoms with Gasteiger partial charge in [-0.2, -0.15) is 0 Å². The molecule has 12 aromatic carbocycles. The van der Waals surface area contributed by atoms with E-state index in [2.05, 4.69) is 308 Å². The summed E-state index contributed by atoms with van der Waals surface area (Å²) < 4.78 is 0. The van der Waals surface area contributed by atoms with E-state index in [1.807, 2.05) is 24.3 Å². The van der Waals surface area contributed by atoms with Crippen molar-refractivity contribution >= 4 is 57.6 Å². The first-order chi connectivity index (χ1) is 41.3. The summed E-state index contributed by atoms with van der Waals surface area (Å²) in [6, 6.07) is 109. The third-order valence-corrected chi connectivity index (χ3v) is 29.5. The number of fused-ring (bicyclic) bond motifs is 8. The van der Waals surface area contributed by atoms with Crippen molar-refractivity contribution < 1.29 is 10.2 Å². The highest BCUT2D eigenvalue weighted by atomic mass is 28.3. The second kappa shape index (κ2) is 19.5. The van der Waals surface area contributed by atoms with Crippen molar-refractivity contribution in [3.05, 3.63) is 358 Å². The van der Waals surface area contributed by atoms with E-state index in [-0.39, 0.29) is 0 Å². The van der Waals surface area contributed by atoms with Crippen LogP contribution < -0.4 is 41.5 Å². The molecule has 0 heterocycles. The van der Waals surface area contributed by atoms with Gasteiger partial charge in [0.1, 0.15) is 11.2 Å². The van der Waals surface area contributed by atoms with Gasteiger partial charge >= 0.3 is 0 Å². The summed E-state index contributed by atoms with van der Waals surface area (Å²) in [6.45, 7) is 11.5. The Hall–Kier alpha value is -9.01. The molecule has 15 rings (SSSR count). The Bertz CT molecular complexity index is 4370. The zero-order valence-electron chi connectivity index (χ0n) is 48.7. The van der Waals surface area contributed by atoms with Crippen LogP contribution in [0.25, 0.3) is 22.3 Å². The minimum Gasteiger partial charge on any atom is -0.376 e. The first-order valence-electron chi connectivity index (χ1n) is 29.9. The van der Waals surface area contributed by atoms with Crippen LogP contribution in [0.5, 0.6) is 0 Å². The Morgan fingerprint density at radius 1 is 0.235 bits per heavy atom. The number of aryl methyl sites for hydroxylation is 1. The second-order valence-corrected chi connectivity index (χ2v) is 32.6. The fourth-order valence-corrected chi connectivity index (χ4v) is 25.4. The third-order valence-electron chi connectivity index (χ3n) is 20.0. The Morgan fingerprint density at radius 3 is 0.835 bits per heavy atom. The van der Waals surface area contributed by atoms with Crippen LogP contribution in [-0.4, -0.2) is 26.4 Å². The van der Waals surface area contributed by atoms with Crippen molar-refractivity contribution in [3.63, 3.8) is 0 Å². The maximum absolute atomic E-state index is 14.2. The molecule has 85 heavy (non-hydrogen) atoms. The molecule has 0 amide bonds. The van der Waals surface area contributed by atoms with Gasteiger partial charge in [0.25, 0.3) is 0 Å². The molecule has 0 aliphatic heterocycles. The van der Waals surface area contributed by atoms with E-state index in [4.69, 9.17) is 0 Å². The Morgan fingerprint density at radius 2 is 0.506 bits per heavy atom. The molecule has 410 valence electrons. The predicted molar refractivity (Wildman–Crippen MR) is 357 cm³/mol. The van der Waals surface area contributed by atoms with Crippen LogP contribution in [0, 0.1) is 6.92 Å². The number of hydrogen-bond donors (Lipinski definition) is 2. The lowest BCUT2D eigenvalue weighted by Crippen LogP contribution is -2.74. The molecule has 0 bridgehead atoms. The number of hydrogen-bond acceptors (Lipinski definition) is 2. The van der Waals surface area contributed by atoms with Crippen molar-refractivity contribution in [2.75, 3.05) is 0 Å². The molecule has 3 aliphatic carbocycles. The van der Waals surface area contributed by atoms with E-state index < -0.39 is 38.2 Å². The minimum absolute atomic E-state index is 0.424. The van der Waals surface area contributed by atoms with Gasteiger partial charge in [-0.25, -0.2) is 0 Å². The van der Waals surface area contributed by atoms with E-state index in [9.17, 15) is 10.2 Å². The summed E-state index contributed by atoms with van der Waals surface area (Å²) in [6.07, 6.45) is 0. The summed E-state index contributed by atoms with van der Waals surface area (Å²) in [5.74, 6) is 0. The van der Waals surface area contributed by atoms with Gasteiger partial charge < -0.3 is 10.2 Å². The second-order valence-electron chi connectivity index (χ2n) is 25.0. The highest BCUT2D eigenvalue weighted by Crippen LogP contribution is 2.57. The number of rotatable bonds is 10. The lowest BCUT2D eigenvalue weighted by Gasteiger charge is -2.45. The van der Waals surface area contributed by atoms with Crippen LogP contribution in [0.4, 0.5) is 0 Å². The average molecular weight is 1130 g/mol. The Balaban J connectivity index is 0.848. The molecule has 0 aromatic heterocycles. The van der Waals surface area contributed by atoms with E-state index in [1.165, 1.54) is 86.0 Å². The molecule has 3 aliphatic rings. The van der Waals surface area contributed by atoms with Crippen LogP contribution in [-0.2, 0) is 22.0 Å². The largest absolute Gasteiger partial charge is 0.376 e. The minimum atomic E-state index is -2.82. The molecule has 2 N–H and O–H groups in total. The zero-order chi connectivity index (χ0) is 57.9. The predicted octanol–water partition coefficient (Wildman–Crippen LogP) is 12.2. The number of benzene rings is 12. The maximum atomic E-state index is 14.2. The topological polar surface area (TPSA) is 40.5 Å². The summed E-state index contributed by atoms with van der Waals surface area (Å²) >= 11 is 0. The molecule has 0 fully saturated rings. The smallest absolute Gasteiger partial charge is 0.179 e. The van der Waals surface area contributed by atoms with E-state index >= 15 is 0 Å². The zero-order valence-corrected chi connectivity index (χ0v) is 50.7. The van der Waals surface area contributed by atoms with Crippen LogP contribution in [0.2, 0.25) is 0 Å². The van der Waals surface area contributed by atoms with Gasteiger partial charge in [0.05, 0.1) is 0 Å². The van der Waals surface area contributed by atoms with Crippen LogP contribution in [0.1, 0.15) is 88.9 Å². The molecular formula is C81H66O2Si2. The highest BCUT2D eigenvalue weighted by Gasteiger charge is 2.53. The van der Waals surface area contributed by atoms with Crippen LogP contribution in [0.3, 0.4) is 0 Å². The lowest BCUT2D eigenvalue weighted by atomic mass is 9.62. The number of aliphatic hydroxyl groups is 2. The standard InChI is InChI=1S/C81H66O2Si2/c1-55-40-49-72-77(50-55)81(83,57-42-46-67-69-48-44-65(54-76(69)79(4,5)74(67)52-57)85(61-32-18-9-19-33-61,62-34-20-10-21-35-62)63-36-22-11-23-37-63)71-39-25-24-38-70(71)80(72,82)56-41-45-66-68-47-43-64(53-75(68)78(2,3)73(66)51-56)84(58-26-12-6-13-27-58,59-28-14-7-15-29-59)60-30-16-8-17-31-60/h6-54,82-83H,1-5H3. The van der Waals surface area contributed by atoms with Gasteiger partial charge in [-0.3, -0.25) is 0 Å². The molecule has 2 nitrogen and oxygen atoms in total. The average Bonchev–Trinajstić information content (AvgIpc) is 1.66. The van der Waals surface area contributed by atoms with Crippen molar-refractivity contribution in [1.29, 1.82) is 0 Å². The molecule has 0 spiro atoms. The molecule has 0 radical (unpaired) electrons. The Kier molecular flexibility index (Phi) is 12.1. The van der Waals surface area contributed by atoms with Crippen molar-refractivity contribution in [3.8, 4) is 22.3 Å². The summed E-state index contributed by atoms with van der Waals surface area (Å²) in [5, 5.41) is 39.1. The van der Waals surface area contributed by atoms with E-state index in [0.29, 0.717) is 22.3 Å². The van der Waals surface area contributed by atoms with Gasteiger partial charge in [-0.15, -0.1) is 0 Å². The quantitative estimate of drug-likeness (QED) is 0.106. The van der Waals surface area contributed by atoms with Gasteiger partial charge in [0.15, 0.2) is 16.1 Å². The van der Waals surface area contributed by atoms with E-state index in [1.54, 1.807) is 0 Å². The molecule has 2 atom stereocenters. The monoisotopic (exact) mass is 1130 g/mol. The SMILES string of the molecule is Cc1ccc2c(c1)C(O)(c1ccc3c(c1)C(C)(C)c1cc([Si](c4ccccc4)(c4ccccc4)c4ccccc4)ccc1-3)c1ccccc1C2(O)c1ccc2c(c1)C(C)(C)c1cc([Si](c3ccccc3)(c3ccccc3)c3ccccc3)ccc1-2. The molecule has 0 saturated heterocycles. The highest BCUT2D eigenvalue weighted by molar-refractivity contribution is 7.20. The summed E-state index contributed by atoms with van der Waals surface area (Å²) in [4.78, 5) is 0. The van der Waals surface area contributed by atoms with Crippen LogP contribution in [0.15, 0.2) is 297 Å². The summed E-state index contributed by atoms with van der Waals surface area (Å²) in [5.41, 5.74) is 10.9. The molecular weight excluding hydrogens is 1060 g/mol. The molecule has 2 unspecified atom stereocenters. The molecule has 12 aromatic rings. The molecule has 4 heteroatoms. The van der Waals surface area contributed by atoms with Gasteiger partial charge in [-0.1, -0.05) is 331 Å². The molecule has 0 saturated carbocycles. The van der Waals surface area contributed by atoms with Crippen molar-refractivity contribution in [1.82, 2.24) is 0 Å². The third kappa shape index (κ3) is 7.49. The summed E-state index contributed by atoms with van der Waals surface area (Å²) in [7, 11) is -5.64. The van der Waals surface area contributed by atoms with Crippen molar-refractivity contribution in [2.45, 2.75) is 56.7 Å². The van der Waals surface area contributed by atoms with Gasteiger partial charge in [0.2, 0.25) is 0 Å². The normalized spacial score (nSPS) is 17.6. The maximum Gasteiger partial charge on any atom is 0.179 e. The fraction of sp³-hybridized carbons (Fsp3) is 0.111. The lowest BCUT2D eigenvalue weighted by molar-refractivity contribution is 0.0746. The van der Waals surface area contributed by atoms with Crippen LogP contribution >= 0.6 is 0 Å². The van der Waals surface area contributed by atoms with Gasteiger partial charge in [0, 0.05) is 10.8 Å². The first kappa shape index (κ1) is 52.8. The van der Waals surface area contributed by atoms with E-state index in [0.717, 1.165) is 16.7 Å². The Labute approximate surface area is 502 Å². The fourth-order valence-electron chi connectivity index (χ4n) is 15.8. The van der Waals surface area contributed by atoms with Gasteiger partial charge in [-0.05, 0) is 126 Å².